The zero-order valence-corrected chi connectivity index (χ0v) is 33.0. The Morgan fingerprint density at radius 1 is 0.267 bits per heavy atom. The summed E-state index contributed by atoms with van der Waals surface area (Å²) in [5, 5.41) is 2.50. The van der Waals surface area contributed by atoms with Crippen LogP contribution in [0.25, 0.3) is 66.4 Å². The number of fused-ring (bicyclic) bond motifs is 11. The smallest absolute Gasteiger partial charge is 0.0726 e. The highest BCUT2D eigenvalue weighted by Crippen LogP contribution is 2.64. The van der Waals surface area contributed by atoms with Gasteiger partial charge < -0.3 is 4.90 Å². The molecule has 10 aromatic rings. The van der Waals surface area contributed by atoms with E-state index in [1.165, 1.54) is 88.7 Å². The summed E-state index contributed by atoms with van der Waals surface area (Å²) in [6.45, 7) is 0. The molecule has 0 amide bonds. The van der Waals surface area contributed by atoms with Crippen LogP contribution < -0.4 is 4.90 Å². The Hall–Kier alpha value is -7.74. The molecule has 280 valence electrons. The first-order chi connectivity index (χ1) is 29.8. The third-order valence-electron chi connectivity index (χ3n) is 12.9. The van der Waals surface area contributed by atoms with Gasteiger partial charge in [0.15, 0.2) is 0 Å². The van der Waals surface area contributed by atoms with E-state index in [9.17, 15) is 0 Å². The van der Waals surface area contributed by atoms with Crippen molar-refractivity contribution < 1.29 is 0 Å². The maximum atomic E-state index is 2.49. The standard InChI is InChI=1S/C59H39N/c1-3-17-42(18-4-1)48-37-36-47(39-52(48)43-19-5-2-6-20-43)60(46-34-32-41(33-35-46)45-31-30-40-16-7-8-21-44(40)38-45)57-29-15-28-56-58(57)51-24-11-14-27-55(51)59(56)53-25-12-9-22-49(53)50-23-10-13-26-54(50)59/h1-39H. The topological polar surface area (TPSA) is 3.24 Å². The summed E-state index contributed by atoms with van der Waals surface area (Å²) in [7, 11) is 0. The summed E-state index contributed by atoms with van der Waals surface area (Å²) in [4.78, 5) is 2.49. The second-order valence-corrected chi connectivity index (χ2v) is 16.0. The Kier molecular flexibility index (Phi) is 7.83. The molecule has 1 nitrogen and oxygen atoms in total. The minimum atomic E-state index is -0.437. The number of nitrogens with zero attached hydrogens (tertiary/aromatic N) is 1. The van der Waals surface area contributed by atoms with Gasteiger partial charge in [-0.15, -0.1) is 0 Å². The molecule has 0 unspecified atom stereocenters. The molecule has 0 bridgehead atoms. The molecule has 10 aromatic carbocycles. The molecule has 2 aliphatic rings. The van der Waals surface area contributed by atoms with E-state index in [0.29, 0.717) is 0 Å². The zero-order valence-electron chi connectivity index (χ0n) is 33.0. The zero-order chi connectivity index (χ0) is 39.6. The Balaban J connectivity index is 1.11. The van der Waals surface area contributed by atoms with Crippen LogP contribution in [0.15, 0.2) is 237 Å². The lowest BCUT2D eigenvalue weighted by Gasteiger charge is -2.32. The fraction of sp³-hybridized carbons (Fsp3) is 0.0169. The Bertz CT molecular complexity index is 3210. The van der Waals surface area contributed by atoms with Crippen LogP contribution in [-0.4, -0.2) is 0 Å². The van der Waals surface area contributed by atoms with Gasteiger partial charge in [-0.05, 0) is 119 Å². The SMILES string of the molecule is c1ccc(-c2ccc(N(c3ccc(-c4ccc5ccccc5c4)cc3)c3cccc4c3-c3ccccc3C43c4ccccc4-c4ccccc43)cc2-c2ccccc2)cc1. The van der Waals surface area contributed by atoms with Gasteiger partial charge in [0.05, 0.1) is 11.1 Å². The largest absolute Gasteiger partial charge is 0.310 e. The van der Waals surface area contributed by atoms with Crippen LogP contribution in [0.4, 0.5) is 17.1 Å². The van der Waals surface area contributed by atoms with Crippen LogP contribution in [0.5, 0.6) is 0 Å². The summed E-state index contributed by atoms with van der Waals surface area (Å²) in [5.74, 6) is 0. The molecule has 0 N–H and O–H groups in total. The Labute approximate surface area is 351 Å². The van der Waals surface area contributed by atoms with Crippen LogP contribution in [-0.2, 0) is 5.41 Å². The van der Waals surface area contributed by atoms with E-state index in [0.717, 1.165) is 17.1 Å². The molecule has 60 heavy (non-hydrogen) atoms. The van der Waals surface area contributed by atoms with E-state index in [2.05, 4.69) is 241 Å². The summed E-state index contributed by atoms with van der Waals surface area (Å²) < 4.78 is 0. The molecule has 0 atom stereocenters. The highest BCUT2D eigenvalue weighted by molar-refractivity contribution is 6.02. The van der Waals surface area contributed by atoms with Crippen molar-refractivity contribution in [2.24, 2.45) is 0 Å². The van der Waals surface area contributed by atoms with Crippen molar-refractivity contribution in [2.75, 3.05) is 4.90 Å². The van der Waals surface area contributed by atoms with Crippen molar-refractivity contribution in [1.29, 1.82) is 0 Å². The molecule has 1 heteroatoms. The Morgan fingerprint density at radius 3 is 1.47 bits per heavy atom. The lowest BCUT2D eigenvalue weighted by molar-refractivity contribution is 0.794. The molecule has 2 aliphatic carbocycles. The molecular formula is C59H39N. The predicted molar refractivity (Wildman–Crippen MR) is 251 cm³/mol. The second-order valence-electron chi connectivity index (χ2n) is 16.0. The molecule has 0 radical (unpaired) electrons. The first-order valence-corrected chi connectivity index (χ1v) is 20.8. The molecule has 0 fully saturated rings. The lowest BCUT2D eigenvalue weighted by atomic mass is 9.70. The first-order valence-electron chi connectivity index (χ1n) is 20.8. The molecular weight excluding hydrogens is 723 g/mol. The van der Waals surface area contributed by atoms with Crippen molar-refractivity contribution in [3.05, 3.63) is 259 Å². The Morgan fingerprint density at radius 2 is 0.783 bits per heavy atom. The fourth-order valence-corrected chi connectivity index (χ4v) is 10.3. The maximum absolute atomic E-state index is 2.49. The first kappa shape index (κ1) is 34.3. The van der Waals surface area contributed by atoms with Crippen LogP contribution in [0.2, 0.25) is 0 Å². The number of benzene rings is 10. The van der Waals surface area contributed by atoms with Gasteiger partial charge >= 0.3 is 0 Å². The van der Waals surface area contributed by atoms with E-state index in [-0.39, 0.29) is 0 Å². The summed E-state index contributed by atoms with van der Waals surface area (Å²) in [5.41, 5.74) is 20.6. The summed E-state index contributed by atoms with van der Waals surface area (Å²) >= 11 is 0. The van der Waals surface area contributed by atoms with E-state index in [4.69, 9.17) is 0 Å². The normalized spacial score (nSPS) is 12.8. The maximum Gasteiger partial charge on any atom is 0.0726 e. The third kappa shape index (κ3) is 5.13. The van der Waals surface area contributed by atoms with Gasteiger partial charge in [0.2, 0.25) is 0 Å². The van der Waals surface area contributed by atoms with Crippen molar-refractivity contribution in [2.45, 2.75) is 5.41 Å². The van der Waals surface area contributed by atoms with Crippen molar-refractivity contribution in [3.63, 3.8) is 0 Å². The van der Waals surface area contributed by atoms with Gasteiger partial charge in [-0.3, -0.25) is 0 Å². The molecule has 12 rings (SSSR count). The van der Waals surface area contributed by atoms with Gasteiger partial charge in [0.1, 0.15) is 0 Å². The van der Waals surface area contributed by atoms with Gasteiger partial charge in [-0.1, -0.05) is 200 Å². The van der Waals surface area contributed by atoms with E-state index in [1.54, 1.807) is 0 Å². The van der Waals surface area contributed by atoms with E-state index < -0.39 is 5.41 Å². The lowest BCUT2D eigenvalue weighted by Crippen LogP contribution is -2.26. The quantitative estimate of drug-likeness (QED) is 0.163. The highest BCUT2D eigenvalue weighted by Gasteiger charge is 2.52. The second kappa shape index (κ2) is 13.7. The number of hydrogen-bond acceptors (Lipinski definition) is 1. The van der Waals surface area contributed by atoms with E-state index >= 15 is 0 Å². The molecule has 1 spiro atoms. The number of hydrogen-bond donors (Lipinski definition) is 0. The molecule has 0 saturated carbocycles. The summed E-state index contributed by atoms with van der Waals surface area (Å²) in [6.07, 6.45) is 0. The van der Waals surface area contributed by atoms with Crippen LogP contribution in [0.1, 0.15) is 22.3 Å². The van der Waals surface area contributed by atoms with Gasteiger partial charge in [-0.25, -0.2) is 0 Å². The minimum Gasteiger partial charge on any atom is -0.310 e. The molecule has 0 aromatic heterocycles. The van der Waals surface area contributed by atoms with Gasteiger partial charge in [0, 0.05) is 16.9 Å². The van der Waals surface area contributed by atoms with E-state index in [1.807, 2.05) is 0 Å². The van der Waals surface area contributed by atoms with Gasteiger partial charge in [0.25, 0.3) is 0 Å². The van der Waals surface area contributed by atoms with Crippen LogP contribution >= 0.6 is 0 Å². The molecule has 0 heterocycles. The fourth-order valence-electron chi connectivity index (χ4n) is 10.3. The molecule has 0 saturated heterocycles. The van der Waals surface area contributed by atoms with Crippen molar-refractivity contribution in [3.8, 4) is 55.6 Å². The average Bonchev–Trinajstić information content (AvgIpc) is 3.80. The van der Waals surface area contributed by atoms with Crippen molar-refractivity contribution in [1.82, 2.24) is 0 Å². The van der Waals surface area contributed by atoms with Crippen molar-refractivity contribution >= 4 is 27.8 Å². The van der Waals surface area contributed by atoms with Crippen LogP contribution in [0, 0.1) is 0 Å². The predicted octanol–water partition coefficient (Wildman–Crippen LogP) is 15.7. The monoisotopic (exact) mass is 761 g/mol. The minimum absolute atomic E-state index is 0.437. The van der Waals surface area contributed by atoms with Crippen LogP contribution in [0.3, 0.4) is 0 Å². The molecule has 0 aliphatic heterocycles. The highest BCUT2D eigenvalue weighted by atomic mass is 15.1. The third-order valence-corrected chi connectivity index (χ3v) is 12.9. The number of rotatable bonds is 6. The summed E-state index contributed by atoms with van der Waals surface area (Å²) in [6, 6.07) is 87.3. The average molecular weight is 762 g/mol. The number of anilines is 3. The van der Waals surface area contributed by atoms with Gasteiger partial charge in [-0.2, -0.15) is 0 Å².